The highest BCUT2D eigenvalue weighted by Crippen LogP contribution is 2.24. The molecule has 3 rings (SSSR count). The van der Waals surface area contributed by atoms with Crippen LogP contribution in [0.2, 0.25) is 0 Å². The molecule has 1 atom stereocenters. The van der Waals surface area contributed by atoms with Crippen molar-refractivity contribution in [3.63, 3.8) is 0 Å². The van der Waals surface area contributed by atoms with Gasteiger partial charge in [0.25, 0.3) is 0 Å². The van der Waals surface area contributed by atoms with Gasteiger partial charge in [-0.05, 0) is 16.3 Å². The summed E-state index contributed by atoms with van der Waals surface area (Å²) in [7, 11) is 0. The minimum absolute atomic E-state index is 0.286. The number of fused-ring (bicyclic) bond motifs is 1. The molecule has 3 aromatic rings. The minimum Gasteiger partial charge on any atom is -0.351 e. The fourth-order valence-corrected chi connectivity index (χ4v) is 2.62. The van der Waals surface area contributed by atoms with Crippen molar-refractivity contribution in [3.8, 4) is 0 Å². The summed E-state index contributed by atoms with van der Waals surface area (Å²) in [6.45, 7) is 0. The minimum atomic E-state index is 0.286. The standard InChI is InChI=1S/C18H17N/c19-18(13-14-7-2-1-3-8-14)17-12-6-10-15-9-4-5-11-16(15)17/h1-12,18H,13,19H2/p+1/t18-/m0/s1. The third kappa shape index (κ3) is 2.51. The summed E-state index contributed by atoms with van der Waals surface area (Å²) < 4.78 is 0. The van der Waals surface area contributed by atoms with Crippen LogP contribution in [0.15, 0.2) is 72.8 Å². The van der Waals surface area contributed by atoms with Crippen LogP contribution in [0.4, 0.5) is 0 Å². The van der Waals surface area contributed by atoms with Crippen molar-refractivity contribution < 1.29 is 5.73 Å². The van der Waals surface area contributed by atoms with Crippen molar-refractivity contribution in [2.45, 2.75) is 12.5 Å². The van der Waals surface area contributed by atoms with E-state index in [0.717, 1.165) is 6.42 Å². The van der Waals surface area contributed by atoms with Gasteiger partial charge in [-0.2, -0.15) is 0 Å². The molecule has 0 heterocycles. The summed E-state index contributed by atoms with van der Waals surface area (Å²) in [5.41, 5.74) is 7.03. The van der Waals surface area contributed by atoms with Gasteiger partial charge >= 0.3 is 0 Å². The highest BCUT2D eigenvalue weighted by molar-refractivity contribution is 5.85. The van der Waals surface area contributed by atoms with Crippen molar-refractivity contribution in [1.82, 2.24) is 0 Å². The molecule has 19 heavy (non-hydrogen) atoms. The van der Waals surface area contributed by atoms with Crippen molar-refractivity contribution >= 4 is 10.8 Å². The van der Waals surface area contributed by atoms with E-state index in [9.17, 15) is 0 Å². The zero-order valence-corrected chi connectivity index (χ0v) is 10.9. The van der Waals surface area contributed by atoms with Gasteiger partial charge in [0, 0.05) is 12.0 Å². The molecule has 3 aromatic carbocycles. The maximum absolute atomic E-state index is 4.35. The van der Waals surface area contributed by atoms with Crippen LogP contribution in [-0.2, 0) is 6.42 Å². The van der Waals surface area contributed by atoms with Crippen molar-refractivity contribution in [1.29, 1.82) is 0 Å². The molecular formula is C18H18N+. The van der Waals surface area contributed by atoms with Gasteiger partial charge in [0.15, 0.2) is 0 Å². The first kappa shape index (κ1) is 11.9. The Bertz CT molecular complexity index is 668. The second kappa shape index (κ2) is 5.25. The van der Waals surface area contributed by atoms with Crippen LogP contribution < -0.4 is 5.73 Å². The van der Waals surface area contributed by atoms with Gasteiger partial charge in [0.2, 0.25) is 0 Å². The lowest BCUT2D eigenvalue weighted by Gasteiger charge is -2.12. The van der Waals surface area contributed by atoms with Crippen LogP contribution >= 0.6 is 0 Å². The zero-order chi connectivity index (χ0) is 13.1. The fourth-order valence-electron chi connectivity index (χ4n) is 2.62. The topological polar surface area (TPSA) is 27.6 Å². The Labute approximate surface area is 113 Å². The normalized spacial score (nSPS) is 12.5. The lowest BCUT2D eigenvalue weighted by molar-refractivity contribution is -0.425. The Kier molecular flexibility index (Phi) is 3.30. The lowest BCUT2D eigenvalue weighted by atomic mass is 9.95. The lowest BCUT2D eigenvalue weighted by Crippen LogP contribution is -2.54. The average molecular weight is 248 g/mol. The van der Waals surface area contributed by atoms with E-state index in [1.165, 1.54) is 21.9 Å². The number of hydrogen-bond donors (Lipinski definition) is 1. The van der Waals surface area contributed by atoms with Crippen LogP contribution in [0.25, 0.3) is 10.8 Å². The number of benzene rings is 3. The fraction of sp³-hybridized carbons (Fsp3) is 0.111. The molecule has 94 valence electrons. The van der Waals surface area contributed by atoms with Gasteiger partial charge in [-0.3, -0.25) is 0 Å². The third-order valence-electron chi connectivity index (χ3n) is 3.59. The molecule has 1 heteroatoms. The van der Waals surface area contributed by atoms with Crippen LogP contribution in [0.3, 0.4) is 0 Å². The number of quaternary nitrogens is 1. The van der Waals surface area contributed by atoms with Crippen LogP contribution in [0.5, 0.6) is 0 Å². The molecule has 0 aliphatic heterocycles. The molecule has 1 nitrogen and oxygen atoms in total. The van der Waals surface area contributed by atoms with Gasteiger partial charge in [-0.15, -0.1) is 0 Å². The van der Waals surface area contributed by atoms with Crippen molar-refractivity contribution in [2.75, 3.05) is 0 Å². The second-order valence-electron chi connectivity index (χ2n) is 4.96. The first-order valence-electron chi connectivity index (χ1n) is 6.69. The molecule has 0 aromatic heterocycles. The molecule has 0 aliphatic rings. The van der Waals surface area contributed by atoms with E-state index in [1.807, 2.05) is 0 Å². The van der Waals surface area contributed by atoms with Gasteiger partial charge in [-0.25, -0.2) is 0 Å². The quantitative estimate of drug-likeness (QED) is 0.736. The number of rotatable bonds is 3. The molecule has 0 aliphatic carbocycles. The summed E-state index contributed by atoms with van der Waals surface area (Å²) in [5.74, 6) is 0. The summed E-state index contributed by atoms with van der Waals surface area (Å²) in [4.78, 5) is 0. The smallest absolute Gasteiger partial charge is 0.115 e. The van der Waals surface area contributed by atoms with Gasteiger partial charge in [-0.1, -0.05) is 72.8 Å². The summed E-state index contributed by atoms with van der Waals surface area (Å²) >= 11 is 0. The van der Waals surface area contributed by atoms with E-state index in [0.29, 0.717) is 0 Å². The van der Waals surface area contributed by atoms with E-state index >= 15 is 0 Å². The highest BCUT2D eigenvalue weighted by atomic mass is 14.6. The predicted molar refractivity (Wildman–Crippen MR) is 79.7 cm³/mol. The summed E-state index contributed by atoms with van der Waals surface area (Å²) in [5, 5.41) is 2.61. The number of hydrogen-bond acceptors (Lipinski definition) is 0. The molecule has 0 unspecified atom stereocenters. The van der Waals surface area contributed by atoms with E-state index < -0.39 is 0 Å². The third-order valence-corrected chi connectivity index (χ3v) is 3.59. The molecular weight excluding hydrogens is 230 g/mol. The molecule has 3 N–H and O–H groups in total. The molecule has 0 saturated heterocycles. The molecule has 0 fully saturated rings. The van der Waals surface area contributed by atoms with E-state index in [1.54, 1.807) is 0 Å². The zero-order valence-electron chi connectivity index (χ0n) is 10.9. The first-order valence-corrected chi connectivity index (χ1v) is 6.69. The predicted octanol–water partition coefficient (Wildman–Crippen LogP) is 3.37. The summed E-state index contributed by atoms with van der Waals surface area (Å²) in [6, 6.07) is 25.9. The highest BCUT2D eigenvalue weighted by Gasteiger charge is 2.13. The maximum atomic E-state index is 4.35. The molecule has 0 spiro atoms. The van der Waals surface area contributed by atoms with Gasteiger partial charge in [0.1, 0.15) is 6.04 Å². The van der Waals surface area contributed by atoms with Crippen LogP contribution in [-0.4, -0.2) is 0 Å². The van der Waals surface area contributed by atoms with E-state index in [-0.39, 0.29) is 6.04 Å². The Hall–Kier alpha value is -2.12. The summed E-state index contributed by atoms with van der Waals surface area (Å²) in [6.07, 6.45) is 0.981. The van der Waals surface area contributed by atoms with Gasteiger partial charge in [0.05, 0.1) is 0 Å². The second-order valence-corrected chi connectivity index (χ2v) is 4.96. The Morgan fingerprint density at radius 2 is 1.42 bits per heavy atom. The SMILES string of the molecule is [NH3+][C@@H](Cc1ccccc1)c1cccc2ccccc12. The largest absolute Gasteiger partial charge is 0.351 e. The van der Waals surface area contributed by atoms with E-state index in [4.69, 9.17) is 0 Å². The Morgan fingerprint density at radius 1 is 0.737 bits per heavy atom. The molecule has 0 radical (unpaired) electrons. The van der Waals surface area contributed by atoms with Crippen LogP contribution in [0.1, 0.15) is 17.2 Å². The van der Waals surface area contributed by atoms with Crippen molar-refractivity contribution in [3.05, 3.63) is 83.9 Å². The Morgan fingerprint density at radius 3 is 2.26 bits per heavy atom. The first-order chi connectivity index (χ1) is 9.34. The molecule has 0 saturated carbocycles. The van der Waals surface area contributed by atoms with Crippen LogP contribution in [0, 0.1) is 0 Å². The Balaban J connectivity index is 1.96. The average Bonchev–Trinajstić information content (AvgIpc) is 2.47. The van der Waals surface area contributed by atoms with Crippen molar-refractivity contribution in [2.24, 2.45) is 0 Å². The maximum Gasteiger partial charge on any atom is 0.115 e. The van der Waals surface area contributed by atoms with E-state index in [2.05, 4.69) is 78.5 Å². The molecule has 0 amide bonds. The van der Waals surface area contributed by atoms with Gasteiger partial charge < -0.3 is 5.73 Å². The molecule has 0 bridgehead atoms. The monoisotopic (exact) mass is 248 g/mol.